The fourth-order valence-electron chi connectivity index (χ4n) is 1.20. The number of hydrogen-bond donors (Lipinski definition) is 2. The van der Waals surface area contributed by atoms with Gasteiger partial charge in [0.15, 0.2) is 0 Å². The zero-order valence-corrected chi connectivity index (χ0v) is 10.6. The molecule has 5 nitrogen and oxygen atoms in total. The molecule has 1 aromatic rings. The van der Waals surface area contributed by atoms with Crippen LogP contribution in [0.25, 0.3) is 0 Å². The highest BCUT2D eigenvalue weighted by Crippen LogP contribution is 2.19. The average Bonchev–Trinajstić information content (AvgIpc) is 2.29. The molecule has 0 saturated carbocycles. The van der Waals surface area contributed by atoms with E-state index >= 15 is 0 Å². The predicted octanol–water partition coefficient (Wildman–Crippen LogP) is 0.839. The Bertz CT molecular complexity index is 537. The van der Waals surface area contributed by atoms with E-state index in [1.807, 2.05) is 6.07 Å². The number of nitrogens with zero attached hydrogens (tertiary/aromatic N) is 1. The van der Waals surface area contributed by atoms with Crippen molar-refractivity contribution < 1.29 is 8.42 Å². The Hall–Kier alpha value is -1.13. The molecule has 0 atom stereocenters. The van der Waals surface area contributed by atoms with Gasteiger partial charge in [0.05, 0.1) is 5.56 Å². The maximum atomic E-state index is 11.9. The Balaban J connectivity index is 3.06. The van der Waals surface area contributed by atoms with Crippen molar-refractivity contribution in [1.82, 2.24) is 4.72 Å². The lowest BCUT2D eigenvalue weighted by Gasteiger charge is -2.07. The van der Waals surface area contributed by atoms with Gasteiger partial charge in [0.1, 0.15) is 11.0 Å². The first-order valence-electron chi connectivity index (χ1n) is 4.90. The number of nitrogens with two attached hydrogens (primary N) is 1. The highest BCUT2D eigenvalue weighted by molar-refractivity contribution is 7.89. The standard InChI is InChI=1S/C10H12ClN3O2S/c11-9-3-2-8(7-13)10(6-9)17(15,16)14-5-1-4-12/h2-3,6,14H,1,4-5,12H2. The summed E-state index contributed by atoms with van der Waals surface area (Å²) >= 11 is 5.72. The summed E-state index contributed by atoms with van der Waals surface area (Å²) in [6.07, 6.45) is 0.529. The lowest BCUT2D eigenvalue weighted by Crippen LogP contribution is -2.26. The molecule has 0 saturated heterocycles. The maximum Gasteiger partial charge on any atom is 0.241 e. The summed E-state index contributed by atoms with van der Waals surface area (Å²) < 4.78 is 26.1. The average molecular weight is 274 g/mol. The van der Waals surface area contributed by atoms with Gasteiger partial charge in [-0.25, -0.2) is 13.1 Å². The van der Waals surface area contributed by atoms with Crippen molar-refractivity contribution in [1.29, 1.82) is 5.26 Å². The van der Waals surface area contributed by atoms with Crippen molar-refractivity contribution in [3.05, 3.63) is 28.8 Å². The Labute approximate surface area is 105 Å². The fraction of sp³-hybridized carbons (Fsp3) is 0.300. The highest BCUT2D eigenvalue weighted by Gasteiger charge is 2.18. The zero-order chi connectivity index (χ0) is 12.9. The summed E-state index contributed by atoms with van der Waals surface area (Å²) in [6.45, 7) is 0.624. The molecule has 0 heterocycles. The maximum absolute atomic E-state index is 11.9. The number of halogens is 1. The van der Waals surface area contributed by atoms with Crippen LogP contribution < -0.4 is 10.5 Å². The molecule has 17 heavy (non-hydrogen) atoms. The Morgan fingerprint density at radius 2 is 2.18 bits per heavy atom. The molecular weight excluding hydrogens is 262 g/mol. The highest BCUT2D eigenvalue weighted by atomic mass is 35.5. The van der Waals surface area contributed by atoms with Gasteiger partial charge in [0, 0.05) is 11.6 Å². The van der Waals surface area contributed by atoms with Crippen molar-refractivity contribution in [2.75, 3.05) is 13.1 Å². The predicted molar refractivity (Wildman–Crippen MR) is 65.0 cm³/mol. The second-order valence-electron chi connectivity index (χ2n) is 3.29. The van der Waals surface area contributed by atoms with Crippen LogP contribution in [-0.4, -0.2) is 21.5 Å². The van der Waals surface area contributed by atoms with Crippen LogP contribution in [-0.2, 0) is 10.0 Å². The third kappa shape index (κ3) is 3.68. The van der Waals surface area contributed by atoms with Gasteiger partial charge in [-0.05, 0) is 31.2 Å². The first-order chi connectivity index (χ1) is 8.01. The van der Waals surface area contributed by atoms with E-state index < -0.39 is 10.0 Å². The molecule has 0 unspecified atom stereocenters. The van der Waals surface area contributed by atoms with Crippen molar-refractivity contribution in [2.45, 2.75) is 11.3 Å². The van der Waals surface area contributed by atoms with E-state index in [1.165, 1.54) is 18.2 Å². The zero-order valence-electron chi connectivity index (χ0n) is 8.98. The molecule has 1 aromatic carbocycles. The number of benzene rings is 1. The second kappa shape index (κ2) is 5.98. The molecule has 0 aromatic heterocycles. The van der Waals surface area contributed by atoms with Crippen molar-refractivity contribution >= 4 is 21.6 Å². The number of hydrogen-bond acceptors (Lipinski definition) is 4. The topological polar surface area (TPSA) is 96.0 Å². The lowest BCUT2D eigenvalue weighted by atomic mass is 10.2. The monoisotopic (exact) mass is 273 g/mol. The van der Waals surface area contributed by atoms with Crippen molar-refractivity contribution in [2.24, 2.45) is 5.73 Å². The summed E-state index contributed by atoms with van der Waals surface area (Å²) in [6, 6.07) is 5.92. The molecule has 1 rings (SSSR count). The van der Waals surface area contributed by atoms with E-state index in [2.05, 4.69) is 4.72 Å². The molecule has 3 N–H and O–H groups in total. The summed E-state index contributed by atoms with van der Waals surface area (Å²) in [5.41, 5.74) is 5.33. The Morgan fingerprint density at radius 1 is 1.47 bits per heavy atom. The van der Waals surface area contributed by atoms with Crippen LogP contribution in [0, 0.1) is 11.3 Å². The minimum atomic E-state index is -3.71. The molecule has 0 fully saturated rings. The molecule has 92 valence electrons. The molecule has 0 aliphatic carbocycles. The molecule has 0 radical (unpaired) electrons. The smallest absolute Gasteiger partial charge is 0.241 e. The first kappa shape index (κ1) is 13.9. The minimum Gasteiger partial charge on any atom is -0.330 e. The molecule has 0 spiro atoms. The number of rotatable bonds is 5. The number of nitrogens with one attached hydrogen (secondary N) is 1. The van der Waals surface area contributed by atoms with Crippen molar-refractivity contribution in [3.63, 3.8) is 0 Å². The summed E-state index contributed by atoms with van der Waals surface area (Å²) in [5.74, 6) is 0. The first-order valence-corrected chi connectivity index (χ1v) is 6.77. The second-order valence-corrected chi connectivity index (χ2v) is 5.46. The van der Waals surface area contributed by atoms with E-state index in [1.54, 1.807) is 0 Å². The van der Waals surface area contributed by atoms with Gasteiger partial charge in [0.25, 0.3) is 0 Å². The molecule has 0 amide bonds. The third-order valence-corrected chi connectivity index (χ3v) is 3.76. The van der Waals surface area contributed by atoms with Crippen LogP contribution in [0.2, 0.25) is 5.02 Å². The summed E-state index contributed by atoms with van der Waals surface area (Å²) in [4.78, 5) is -0.107. The van der Waals surface area contributed by atoms with E-state index in [-0.39, 0.29) is 22.0 Å². The normalized spacial score (nSPS) is 11.1. The van der Waals surface area contributed by atoms with E-state index in [0.29, 0.717) is 13.0 Å². The van der Waals surface area contributed by atoms with E-state index in [0.717, 1.165) is 0 Å². The molecule has 0 aliphatic heterocycles. The van der Waals surface area contributed by atoms with Crippen LogP contribution in [0.3, 0.4) is 0 Å². The quantitative estimate of drug-likeness (QED) is 0.777. The molecule has 0 bridgehead atoms. The van der Waals surface area contributed by atoms with Gasteiger partial charge in [0.2, 0.25) is 10.0 Å². The van der Waals surface area contributed by atoms with E-state index in [9.17, 15) is 8.42 Å². The van der Waals surface area contributed by atoms with Gasteiger partial charge < -0.3 is 5.73 Å². The van der Waals surface area contributed by atoms with Gasteiger partial charge in [-0.2, -0.15) is 5.26 Å². The number of nitriles is 1. The van der Waals surface area contributed by atoms with Gasteiger partial charge >= 0.3 is 0 Å². The van der Waals surface area contributed by atoms with Crippen LogP contribution in [0.1, 0.15) is 12.0 Å². The van der Waals surface area contributed by atoms with E-state index in [4.69, 9.17) is 22.6 Å². The summed E-state index contributed by atoms with van der Waals surface area (Å²) in [7, 11) is -3.71. The Kier molecular flexibility index (Phi) is 4.90. The molecular formula is C10H12ClN3O2S. The fourth-order valence-corrected chi connectivity index (χ4v) is 2.69. The molecule has 7 heteroatoms. The van der Waals surface area contributed by atoms with Gasteiger partial charge in [-0.15, -0.1) is 0 Å². The minimum absolute atomic E-state index is 0.0645. The van der Waals surface area contributed by atoms with Crippen LogP contribution >= 0.6 is 11.6 Å². The molecule has 0 aliphatic rings. The number of sulfonamides is 1. The SMILES string of the molecule is N#Cc1ccc(Cl)cc1S(=O)(=O)NCCCN. The van der Waals surface area contributed by atoms with Gasteiger partial charge in [-0.1, -0.05) is 11.6 Å². The third-order valence-electron chi connectivity index (χ3n) is 2.03. The van der Waals surface area contributed by atoms with Crippen LogP contribution in [0.15, 0.2) is 23.1 Å². The Morgan fingerprint density at radius 3 is 2.76 bits per heavy atom. The van der Waals surface area contributed by atoms with Crippen molar-refractivity contribution in [3.8, 4) is 6.07 Å². The van der Waals surface area contributed by atoms with Crippen LogP contribution in [0.4, 0.5) is 0 Å². The lowest BCUT2D eigenvalue weighted by molar-refractivity contribution is 0.579. The van der Waals surface area contributed by atoms with Gasteiger partial charge in [-0.3, -0.25) is 0 Å². The van der Waals surface area contributed by atoms with Crippen LogP contribution in [0.5, 0.6) is 0 Å². The summed E-state index contributed by atoms with van der Waals surface area (Å²) in [5, 5.41) is 9.11. The largest absolute Gasteiger partial charge is 0.330 e.